The van der Waals surface area contributed by atoms with Gasteiger partial charge in [-0.3, -0.25) is 0 Å². The zero-order valence-electron chi connectivity index (χ0n) is 9.74. The standard InChI is InChI=1S/C11H14F3NO2S/c1-8(6-15)18(16,17)7-9-2-4-10(5-3-9)11(12,13)14/h2-5,8H,6-7,15H2,1H3. The monoisotopic (exact) mass is 281 g/mol. The van der Waals surface area contributed by atoms with Gasteiger partial charge in [0.2, 0.25) is 0 Å². The highest BCUT2D eigenvalue weighted by atomic mass is 32.2. The summed E-state index contributed by atoms with van der Waals surface area (Å²) in [7, 11) is -3.42. The molecule has 0 aliphatic carbocycles. The van der Waals surface area contributed by atoms with E-state index in [9.17, 15) is 21.6 Å². The lowest BCUT2D eigenvalue weighted by Gasteiger charge is -2.11. The van der Waals surface area contributed by atoms with Crippen LogP contribution >= 0.6 is 0 Å². The average molecular weight is 281 g/mol. The van der Waals surface area contributed by atoms with Crippen LogP contribution in [-0.2, 0) is 21.8 Å². The molecule has 0 spiro atoms. The molecule has 2 N–H and O–H groups in total. The van der Waals surface area contributed by atoms with Crippen molar-refractivity contribution in [2.45, 2.75) is 24.1 Å². The maximum absolute atomic E-state index is 12.3. The van der Waals surface area contributed by atoms with Crippen LogP contribution in [0, 0.1) is 0 Å². The zero-order valence-corrected chi connectivity index (χ0v) is 10.6. The first-order chi connectivity index (χ1) is 8.16. The molecule has 102 valence electrons. The topological polar surface area (TPSA) is 60.2 Å². The van der Waals surface area contributed by atoms with Crippen molar-refractivity contribution in [3.05, 3.63) is 35.4 Å². The van der Waals surface area contributed by atoms with Gasteiger partial charge in [0, 0.05) is 6.54 Å². The van der Waals surface area contributed by atoms with Gasteiger partial charge >= 0.3 is 6.18 Å². The van der Waals surface area contributed by atoms with Gasteiger partial charge in [0.1, 0.15) is 0 Å². The molecule has 0 aromatic heterocycles. The van der Waals surface area contributed by atoms with Crippen molar-refractivity contribution in [1.82, 2.24) is 0 Å². The SMILES string of the molecule is CC(CN)S(=O)(=O)Cc1ccc(C(F)(F)F)cc1. The minimum atomic E-state index is -4.41. The molecule has 7 heteroatoms. The second-order valence-electron chi connectivity index (χ2n) is 4.05. The summed E-state index contributed by atoms with van der Waals surface area (Å²) in [5, 5.41) is -0.709. The van der Waals surface area contributed by atoms with Gasteiger partial charge in [-0.05, 0) is 24.6 Å². The van der Waals surface area contributed by atoms with Crippen molar-refractivity contribution < 1.29 is 21.6 Å². The highest BCUT2D eigenvalue weighted by molar-refractivity contribution is 7.91. The molecule has 3 nitrogen and oxygen atoms in total. The minimum absolute atomic E-state index is 0.0109. The number of nitrogens with two attached hydrogens (primary N) is 1. The predicted molar refractivity (Wildman–Crippen MR) is 62.6 cm³/mol. The molecule has 1 rings (SSSR count). The molecule has 0 fully saturated rings. The highest BCUT2D eigenvalue weighted by Crippen LogP contribution is 2.29. The quantitative estimate of drug-likeness (QED) is 0.918. The fourth-order valence-electron chi connectivity index (χ4n) is 1.31. The second-order valence-corrected chi connectivity index (χ2v) is 6.47. The summed E-state index contributed by atoms with van der Waals surface area (Å²) in [6.07, 6.45) is -4.41. The maximum atomic E-state index is 12.3. The molecule has 0 aliphatic rings. The van der Waals surface area contributed by atoms with Gasteiger partial charge in [-0.2, -0.15) is 13.2 Å². The first-order valence-corrected chi connectivity index (χ1v) is 6.96. The van der Waals surface area contributed by atoms with Crippen LogP contribution in [0.15, 0.2) is 24.3 Å². The molecule has 0 amide bonds. The van der Waals surface area contributed by atoms with Crippen molar-refractivity contribution in [1.29, 1.82) is 0 Å². The zero-order chi connectivity index (χ0) is 14.0. The lowest BCUT2D eigenvalue weighted by atomic mass is 10.1. The van der Waals surface area contributed by atoms with E-state index in [1.165, 1.54) is 19.1 Å². The number of hydrogen-bond donors (Lipinski definition) is 1. The van der Waals surface area contributed by atoms with Crippen LogP contribution in [0.1, 0.15) is 18.1 Å². The molecule has 1 aromatic carbocycles. The Kier molecular flexibility index (Phi) is 4.39. The van der Waals surface area contributed by atoms with Crippen molar-refractivity contribution in [2.75, 3.05) is 6.54 Å². The van der Waals surface area contributed by atoms with Gasteiger partial charge in [0.15, 0.2) is 9.84 Å². The first-order valence-electron chi connectivity index (χ1n) is 5.24. The normalized spacial score (nSPS) is 14.5. The second kappa shape index (κ2) is 5.27. The van der Waals surface area contributed by atoms with E-state index < -0.39 is 26.8 Å². The van der Waals surface area contributed by atoms with E-state index >= 15 is 0 Å². The molecule has 0 radical (unpaired) electrons. The van der Waals surface area contributed by atoms with Gasteiger partial charge in [0.05, 0.1) is 16.6 Å². The van der Waals surface area contributed by atoms with Gasteiger partial charge in [-0.15, -0.1) is 0 Å². The van der Waals surface area contributed by atoms with Crippen LogP contribution in [-0.4, -0.2) is 20.2 Å². The third kappa shape index (κ3) is 3.71. The van der Waals surface area contributed by atoms with Crippen LogP contribution in [0.4, 0.5) is 13.2 Å². The molecule has 0 saturated carbocycles. The summed E-state index contributed by atoms with van der Waals surface area (Å²) in [5.74, 6) is -0.302. The van der Waals surface area contributed by atoms with Crippen molar-refractivity contribution >= 4 is 9.84 Å². The Balaban J connectivity index is 2.89. The maximum Gasteiger partial charge on any atom is 0.416 e. The molecule has 1 aromatic rings. The van der Waals surface area contributed by atoms with Crippen LogP contribution in [0.25, 0.3) is 0 Å². The lowest BCUT2D eigenvalue weighted by Crippen LogP contribution is -2.27. The van der Waals surface area contributed by atoms with Gasteiger partial charge in [-0.25, -0.2) is 8.42 Å². The molecule has 0 aliphatic heterocycles. The molecular weight excluding hydrogens is 267 g/mol. The largest absolute Gasteiger partial charge is 0.416 e. The Morgan fingerprint density at radius 3 is 2.11 bits per heavy atom. The smallest absolute Gasteiger partial charge is 0.329 e. The van der Waals surface area contributed by atoms with E-state index in [0.717, 1.165) is 12.1 Å². The van der Waals surface area contributed by atoms with Crippen LogP contribution in [0.5, 0.6) is 0 Å². The van der Waals surface area contributed by atoms with E-state index in [-0.39, 0.29) is 12.3 Å². The number of rotatable bonds is 4. The van der Waals surface area contributed by atoms with Gasteiger partial charge in [0.25, 0.3) is 0 Å². The van der Waals surface area contributed by atoms with Crippen molar-refractivity contribution in [3.8, 4) is 0 Å². The Hall–Kier alpha value is -1.08. The molecule has 0 bridgehead atoms. The molecule has 1 unspecified atom stereocenters. The van der Waals surface area contributed by atoms with Crippen molar-refractivity contribution in [3.63, 3.8) is 0 Å². The minimum Gasteiger partial charge on any atom is -0.329 e. The van der Waals surface area contributed by atoms with E-state index in [4.69, 9.17) is 5.73 Å². The van der Waals surface area contributed by atoms with Gasteiger partial charge < -0.3 is 5.73 Å². The third-order valence-electron chi connectivity index (χ3n) is 2.59. The summed E-state index contributed by atoms with van der Waals surface area (Å²) < 4.78 is 60.3. The summed E-state index contributed by atoms with van der Waals surface area (Å²) >= 11 is 0. The molecular formula is C11H14F3NO2S. The molecule has 0 heterocycles. The number of halogens is 3. The van der Waals surface area contributed by atoms with Crippen LogP contribution < -0.4 is 5.73 Å². The summed E-state index contributed by atoms with van der Waals surface area (Å²) in [5.41, 5.74) is 4.79. The van der Waals surface area contributed by atoms with Crippen molar-refractivity contribution in [2.24, 2.45) is 5.73 Å². The number of hydrogen-bond acceptors (Lipinski definition) is 3. The summed E-state index contributed by atoms with van der Waals surface area (Å²) in [4.78, 5) is 0. The molecule has 1 atom stereocenters. The van der Waals surface area contributed by atoms with E-state index in [1.54, 1.807) is 0 Å². The average Bonchev–Trinajstić information content (AvgIpc) is 2.26. The van der Waals surface area contributed by atoms with E-state index in [2.05, 4.69) is 0 Å². The van der Waals surface area contributed by atoms with Gasteiger partial charge in [-0.1, -0.05) is 12.1 Å². The summed E-state index contributed by atoms with van der Waals surface area (Å²) in [6, 6.07) is 4.09. The van der Waals surface area contributed by atoms with Crippen LogP contribution in [0.2, 0.25) is 0 Å². The Bertz CT molecular complexity index is 494. The Morgan fingerprint density at radius 2 is 1.72 bits per heavy atom. The Labute approximate surface area is 104 Å². The predicted octanol–water partition coefficient (Wildman–Crippen LogP) is 1.97. The number of sulfone groups is 1. The molecule has 18 heavy (non-hydrogen) atoms. The summed E-state index contributed by atoms with van der Waals surface area (Å²) in [6.45, 7) is 1.46. The Morgan fingerprint density at radius 1 is 1.22 bits per heavy atom. The number of alkyl halides is 3. The fraction of sp³-hybridized carbons (Fsp3) is 0.455. The first kappa shape index (κ1) is 15.0. The molecule has 0 saturated heterocycles. The van der Waals surface area contributed by atoms with E-state index in [1.807, 2.05) is 0 Å². The fourth-order valence-corrected chi connectivity index (χ4v) is 2.55. The third-order valence-corrected chi connectivity index (χ3v) is 4.75. The van der Waals surface area contributed by atoms with E-state index in [0.29, 0.717) is 5.56 Å². The number of benzene rings is 1. The lowest BCUT2D eigenvalue weighted by molar-refractivity contribution is -0.137. The van der Waals surface area contributed by atoms with Crippen LogP contribution in [0.3, 0.4) is 0 Å². The highest BCUT2D eigenvalue weighted by Gasteiger charge is 2.30.